The van der Waals surface area contributed by atoms with Crippen molar-refractivity contribution >= 4 is 0 Å². The van der Waals surface area contributed by atoms with Gasteiger partial charge in [-0.1, -0.05) is 0 Å². The third-order valence-electron chi connectivity index (χ3n) is 2.91. The number of nitriles is 1. The van der Waals surface area contributed by atoms with Crippen molar-refractivity contribution < 1.29 is 0 Å². The maximum absolute atomic E-state index is 8.97. The van der Waals surface area contributed by atoms with E-state index in [0.29, 0.717) is 0 Å². The summed E-state index contributed by atoms with van der Waals surface area (Å²) in [5.74, 6) is 0. The van der Waals surface area contributed by atoms with Crippen LogP contribution in [0.2, 0.25) is 0 Å². The van der Waals surface area contributed by atoms with E-state index in [1.54, 1.807) is 0 Å². The van der Waals surface area contributed by atoms with Gasteiger partial charge in [0, 0.05) is 6.54 Å². The van der Waals surface area contributed by atoms with Crippen molar-refractivity contribution in [3.8, 4) is 6.07 Å². The summed E-state index contributed by atoms with van der Waals surface area (Å²) in [5.41, 5.74) is 5.37. The molecule has 0 aromatic heterocycles. The first kappa shape index (κ1) is 12.4. The molecule has 0 spiro atoms. The van der Waals surface area contributed by atoms with Crippen molar-refractivity contribution in [1.82, 2.24) is 9.80 Å². The molecule has 2 N–H and O–H groups in total. The zero-order valence-electron chi connectivity index (χ0n) is 9.87. The molecule has 0 aromatic carbocycles. The molecule has 1 heterocycles. The molecule has 1 aliphatic heterocycles. The molecule has 4 heteroatoms. The van der Waals surface area contributed by atoms with E-state index >= 15 is 0 Å². The van der Waals surface area contributed by atoms with Crippen LogP contribution in [0.25, 0.3) is 0 Å². The van der Waals surface area contributed by atoms with Gasteiger partial charge in [-0.05, 0) is 53.0 Å². The standard InChI is InChI=1S/C11H22N4/c1-14(2)6-4-8-15-7-3-5-11(13,9-12)10-15/h3-8,10,13H2,1-2H3. The minimum absolute atomic E-state index is 0.601. The summed E-state index contributed by atoms with van der Waals surface area (Å²) in [6.45, 7) is 3.98. The Hall–Kier alpha value is -0.630. The SMILES string of the molecule is CN(C)CCCN1CCCC(N)(C#N)C1. The van der Waals surface area contributed by atoms with Crippen LogP contribution in [0, 0.1) is 11.3 Å². The summed E-state index contributed by atoms with van der Waals surface area (Å²) < 4.78 is 0. The number of likely N-dealkylation sites (tertiary alicyclic amines) is 1. The Morgan fingerprint density at radius 1 is 1.53 bits per heavy atom. The number of nitrogens with two attached hydrogens (primary N) is 1. The van der Waals surface area contributed by atoms with Crippen molar-refractivity contribution in [3.63, 3.8) is 0 Å². The number of piperidine rings is 1. The molecule has 0 amide bonds. The Morgan fingerprint density at radius 3 is 2.87 bits per heavy atom. The lowest BCUT2D eigenvalue weighted by atomic mass is 9.92. The van der Waals surface area contributed by atoms with E-state index in [9.17, 15) is 0 Å². The van der Waals surface area contributed by atoms with E-state index in [4.69, 9.17) is 11.0 Å². The Morgan fingerprint density at radius 2 is 2.27 bits per heavy atom. The second-order valence-electron chi connectivity index (χ2n) is 4.80. The van der Waals surface area contributed by atoms with Gasteiger partial charge in [0.2, 0.25) is 0 Å². The first-order valence-corrected chi connectivity index (χ1v) is 5.63. The summed E-state index contributed by atoms with van der Waals surface area (Å²) >= 11 is 0. The van der Waals surface area contributed by atoms with Gasteiger partial charge in [0.15, 0.2) is 0 Å². The molecule has 15 heavy (non-hydrogen) atoms. The zero-order valence-corrected chi connectivity index (χ0v) is 9.87. The third kappa shape index (κ3) is 4.17. The molecule has 86 valence electrons. The summed E-state index contributed by atoms with van der Waals surface area (Å²) in [7, 11) is 4.16. The minimum atomic E-state index is -0.601. The number of hydrogen-bond acceptors (Lipinski definition) is 4. The van der Waals surface area contributed by atoms with Crippen LogP contribution >= 0.6 is 0 Å². The molecule has 1 saturated heterocycles. The predicted octanol–water partition coefficient (Wildman–Crippen LogP) is 0.255. The van der Waals surface area contributed by atoms with Crippen molar-refractivity contribution in [2.45, 2.75) is 24.8 Å². The van der Waals surface area contributed by atoms with Crippen molar-refractivity contribution in [2.24, 2.45) is 5.73 Å². The van der Waals surface area contributed by atoms with Crippen LogP contribution < -0.4 is 5.73 Å². The molecule has 0 saturated carbocycles. The lowest BCUT2D eigenvalue weighted by Gasteiger charge is -2.35. The van der Waals surface area contributed by atoms with E-state index < -0.39 is 5.54 Å². The second-order valence-corrected chi connectivity index (χ2v) is 4.80. The smallest absolute Gasteiger partial charge is 0.117 e. The van der Waals surface area contributed by atoms with Crippen LogP contribution in [0.1, 0.15) is 19.3 Å². The van der Waals surface area contributed by atoms with Gasteiger partial charge >= 0.3 is 0 Å². The lowest BCUT2D eigenvalue weighted by molar-refractivity contribution is 0.173. The van der Waals surface area contributed by atoms with Gasteiger partial charge in [-0.15, -0.1) is 0 Å². The van der Waals surface area contributed by atoms with Crippen LogP contribution in [0.15, 0.2) is 0 Å². The summed E-state index contributed by atoms with van der Waals surface area (Å²) in [6.07, 6.45) is 3.04. The topological polar surface area (TPSA) is 56.3 Å². The Kier molecular flexibility index (Phi) is 4.52. The summed E-state index contributed by atoms with van der Waals surface area (Å²) in [6, 6.07) is 2.24. The summed E-state index contributed by atoms with van der Waals surface area (Å²) in [4.78, 5) is 4.50. The zero-order chi connectivity index (χ0) is 11.3. The highest BCUT2D eigenvalue weighted by Crippen LogP contribution is 2.17. The molecule has 1 unspecified atom stereocenters. The second kappa shape index (κ2) is 5.45. The molecule has 4 nitrogen and oxygen atoms in total. The van der Waals surface area contributed by atoms with Gasteiger partial charge in [0.1, 0.15) is 5.54 Å². The maximum Gasteiger partial charge on any atom is 0.117 e. The fourth-order valence-corrected chi connectivity index (χ4v) is 2.07. The van der Waals surface area contributed by atoms with Crippen LogP contribution in [0.3, 0.4) is 0 Å². The molecule has 1 aliphatic rings. The highest BCUT2D eigenvalue weighted by molar-refractivity contribution is 5.08. The van der Waals surface area contributed by atoms with Gasteiger partial charge < -0.3 is 15.5 Å². The maximum atomic E-state index is 8.97. The number of rotatable bonds is 4. The average Bonchev–Trinajstić information content (AvgIpc) is 2.17. The van der Waals surface area contributed by atoms with Crippen LogP contribution in [-0.2, 0) is 0 Å². The van der Waals surface area contributed by atoms with Gasteiger partial charge in [-0.2, -0.15) is 5.26 Å². The van der Waals surface area contributed by atoms with Gasteiger partial charge in [0.25, 0.3) is 0 Å². The lowest BCUT2D eigenvalue weighted by Crippen LogP contribution is -2.53. The molecular weight excluding hydrogens is 188 g/mol. The van der Waals surface area contributed by atoms with Crippen molar-refractivity contribution in [1.29, 1.82) is 5.26 Å². The first-order chi connectivity index (χ1) is 7.06. The average molecular weight is 210 g/mol. The molecule has 0 aromatic rings. The highest BCUT2D eigenvalue weighted by Gasteiger charge is 2.30. The largest absolute Gasteiger partial charge is 0.312 e. The number of nitrogens with zero attached hydrogens (tertiary/aromatic N) is 3. The van der Waals surface area contributed by atoms with Gasteiger partial charge in [-0.25, -0.2) is 0 Å². The third-order valence-corrected chi connectivity index (χ3v) is 2.91. The molecule has 1 rings (SSSR count). The highest BCUT2D eigenvalue weighted by atomic mass is 15.2. The molecule has 1 fully saturated rings. The van der Waals surface area contributed by atoms with Crippen molar-refractivity contribution in [3.05, 3.63) is 0 Å². The molecule has 0 aliphatic carbocycles. The number of hydrogen-bond donors (Lipinski definition) is 1. The van der Waals surface area contributed by atoms with Gasteiger partial charge in [0.05, 0.1) is 6.07 Å². The van der Waals surface area contributed by atoms with Crippen LogP contribution in [-0.4, -0.2) is 55.6 Å². The quantitative estimate of drug-likeness (QED) is 0.723. The Labute approximate surface area is 92.6 Å². The van der Waals surface area contributed by atoms with Gasteiger partial charge in [-0.3, -0.25) is 0 Å². The molecule has 0 radical (unpaired) electrons. The summed E-state index contributed by atoms with van der Waals surface area (Å²) in [5, 5.41) is 8.97. The molecular formula is C11H22N4. The van der Waals surface area contributed by atoms with E-state index in [2.05, 4.69) is 30.0 Å². The Bertz CT molecular complexity index is 233. The normalized spacial score (nSPS) is 27.9. The Balaban J connectivity index is 2.28. The van der Waals surface area contributed by atoms with Crippen LogP contribution in [0.5, 0.6) is 0 Å². The van der Waals surface area contributed by atoms with E-state index in [0.717, 1.165) is 45.4 Å². The predicted molar refractivity (Wildman–Crippen MR) is 61.4 cm³/mol. The first-order valence-electron chi connectivity index (χ1n) is 5.63. The van der Waals surface area contributed by atoms with E-state index in [-0.39, 0.29) is 0 Å². The molecule has 1 atom stereocenters. The monoisotopic (exact) mass is 210 g/mol. The van der Waals surface area contributed by atoms with E-state index in [1.807, 2.05) is 0 Å². The fourth-order valence-electron chi connectivity index (χ4n) is 2.07. The fraction of sp³-hybridized carbons (Fsp3) is 0.909. The minimum Gasteiger partial charge on any atom is -0.312 e. The molecule has 0 bridgehead atoms. The van der Waals surface area contributed by atoms with Crippen LogP contribution in [0.4, 0.5) is 0 Å². The van der Waals surface area contributed by atoms with Crippen molar-refractivity contribution in [2.75, 3.05) is 40.3 Å². The van der Waals surface area contributed by atoms with E-state index in [1.165, 1.54) is 0 Å².